The van der Waals surface area contributed by atoms with Gasteiger partial charge >= 0.3 is 0 Å². The lowest BCUT2D eigenvalue weighted by atomic mass is 10.2. The van der Waals surface area contributed by atoms with Crippen molar-refractivity contribution in [3.8, 4) is 0 Å². The second-order valence-corrected chi connectivity index (χ2v) is 3.90. The summed E-state index contributed by atoms with van der Waals surface area (Å²) in [5.41, 5.74) is 1.46. The lowest BCUT2D eigenvalue weighted by molar-refractivity contribution is 0.272. The van der Waals surface area contributed by atoms with Gasteiger partial charge in [0.05, 0.1) is 22.3 Å². The highest BCUT2D eigenvalue weighted by Gasteiger charge is 2.14. The van der Waals surface area contributed by atoms with Crippen LogP contribution in [0.25, 0.3) is 10.9 Å². The third-order valence-corrected chi connectivity index (χ3v) is 3.23. The number of aliphatic hydroxyl groups excluding tert-OH is 1. The molecule has 74 valence electrons. The Morgan fingerprint density at radius 2 is 2.21 bits per heavy atom. The van der Waals surface area contributed by atoms with Crippen LogP contribution in [0.1, 0.15) is 5.69 Å². The Hall–Kier alpha value is -0.870. The number of aliphatic hydroxyl groups is 1. The van der Waals surface area contributed by atoms with Crippen molar-refractivity contribution < 1.29 is 9.50 Å². The van der Waals surface area contributed by atoms with E-state index in [2.05, 4.69) is 15.9 Å². The van der Waals surface area contributed by atoms with E-state index in [1.165, 1.54) is 6.07 Å². The van der Waals surface area contributed by atoms with Gasteiger partial charge in [0.1, 0.15) is 5.82 Å². The van der Waals surface area contributed by atoms with Crippen LogP contribution < -0.4 is 0 Å². The Kier molecular flexibility index (Phi) is 2.33. The molecule has 0 aliphatic rings. The molecule has 0 spiro atoms. The number of aryl methyl sites for hydroxylation is 1. The van der Waals surface area contributed by atoms with E-state index in [-0.39, 0.29) is 12.4 Å². The number of rotatable bonds is 1. The van der Waals surface area contributed by atoms with Crippen LogP contribution in [-0.4, -0.2) is 9.67 Å². The Balaban J connectivity index is 2.94. The minimum atomic E-state index is -0.273. The fraction of sp³-hybridized carbons (Fsp3) is 0.200. The van der Waals surface area contributed by atoms with Crippen molar-refractivity contribution in [1.29, 1.82) is 0 Å². The van der Waals surface area contributed by atoms with Gasteiger partial charge in [0, 0.05) is 12.4 Å². The van der Waals surface area contributed by atoms with Crippen LogP contribution in [-0.2, 0) is 13.7 Å². The number of aromatic nitrogens is 1. The highest BCUT2D eigenvalue weighted by molar-refractivity contribution is 9.10. The second-order valence-electron chi connectivity index (χ2n) is 3.11. The quantitative estimate of drug-likeness (QED) is 0.835. The molecule has 2 nitrogen and oxygen atoms in total. The zero-order chi connectivity index (χ0) is 10.3. The minimum Gasteiger partial charge on any atom is -0.390 e. The maximum Gasteiger partial charge on any atom is 0.133 e. The topological polar surface area (TPSA) is 25.2 Å². The summed E-state index contributed by atoms with van der Waals surface area (Å²) in [6.45, 7) is -0.106. The highest BCUT2D eigenvalue weighted by Crippen LogP contribution is 2.32. The first-order valence-corrected chi connectivity index (χ1v) is 4.98. The van der Waals surface area contributed by atoms with Gasteiger partial charge in [-0.2, -0.15) is 0 Å². The van der Waals surface area contributed by atoms with Crippen LogP contribution in [0.5, 0.6) is 0 Å². The summed E-state index contributed by atoms with van der Waals surface area (Å²) in [5, 5.41) is 9.64. The number of hydrogen-bond donors (Lipinski definition) is 1. The van der Waals surface area contributed by atoms with Gasteiger partial charge in [0.2, 0.25) is 0 Å². The van der Waals surface area contributed by atoms with Gasteiger partial charge in [-0.3, -0.25) is 0 Å². The predicted octanol–water partition coefficient (Wildman–Crippen LogP) is 2.57. The lowest BCUT2D eigenvalue weighted by Gasteiger charge is -1.99. The van der Waals surface area contributed by atoms with Crippen LogP contribution in [0.2, 0.25) is 0 Å². The summed E-state index contributed by atoms with van der Waals surface area (Å²) in [7, 11) is 1.80. The molecule has 0 saturated carbocycles. The number of benzene rings is 1. The van der Waals surface area contributed by atoms with Crippen LogP contribution in [0.3, 0.4) is 0 Å². The second kappa shape index (κ2) is 3.37. The summed E-state index contributed by atoms with van der Waals surface area (Å²) in [4.78, 5) is 0. The van der Waals surface area contributed by atoms with E-state index >= 15 is 0 Å². The molecule has 2 rings (SSSR count). The SMILES string of the molecule is Cn1c(CO)c(Br)c2c(F)cccc21. The molecule has 1 aromatic carbocycles. The fourth-order valence-electron chi connectivity index (χ4n) is 1.62. The molecular formula is C10H9BrFNO. The zero-order valence-electron chi connectivity index (χ0n) is 7.59. The first-order valence-electron chi connectivity index (χ1n) is 4.19. The van der Waals surface area contributed by atoms with Gasteiger partial charge < -0.3 is 9.67 Å². The van der Waals surface area contributed by atoms with Gasteiger partial charge in [0.15, 0.2) is 0 Å². The monoisotopic (exact) mass is 257 g/mol. The maximum absolute atomic E-state index is 13.5. The molecule has 1 heterocycles. The van der Waals surface area contributed by atoms with Crippen molar-refractivity contribution >= 4 is 26.8 Å². The standard InChI is InChI=1S/C10H9BrFNO/c1-13-7-4-2-3-6(12)9(7)10(11)8(13)5-14/h2-4,14H,5H2,1H3. The Labute approximate surface area is 89.1 Å². The normalized spacial score (nSPS) is 11.1. The molecule has 0 aliphatic carbocycles. The van der Waals surface area contributed by atoms with Crippen molar-refractivity contribution in [3.05, 3.63) is 34.2 Å². The number of nitrogens with zero attached hydrogens (tertiary/aromatic N) is 1. The molecule has 0 unspecified atom stereocenters. The largest absolute Gasteiger partial charge is 0.390 e. The summed E-state index contributed by atoms with van der Waals surface area (Å²) in [6, 6.07) is 4.89. The average molecular weight is 258 g/mol. The Morgan fingerprint density at radius 3 is 2.79 bits per heavy atom. The van der Waals surface area contributed by atoms with Crippen LogP contribution in [0, 0.1) is 5.82 Å². The smallest absolute Gasteiger partial charge is 0.133 e. The average Bonchev–Trinajstić information content (AvgIpc) is 2.41. The van der Waals surface area contributed by atoms with Crippen molar-refractivity contribution in [1.82, 2.24) is 4.57 Å². The lowest BCUT2D eigenvalue weighted by Crippen LogP contribution is -1.95. The van der Waals surface area contributed by atoms with E-state index in [4.69, 9.17) is 5.11 Å². The highest BCUT2D eigenvalue weighted by atomic mass is 79.9. The van der Waals surface area contributed by atoms with Crippen molar-refractivity contribution in [3.63, 3.8) is 0 Å². The van der Waals surface area contributed by atoms with Crippen LogP contribution in [0.15, 0.2) is 22.7 Å². The molecule has 1 N–H and O–H groups in total. The fourth-order valence-corrected chi connectivity index (χ4v) is 2.41. The molecule has 0 atom stereocenters. The molecule has 4 heteroatoms. The minimum absolute atomic E-state index is 0.106. The molecule has 14 heavy (non-hydrogen) atoms. The summed E-state index contributed by atoms with van der Waals surface area (Å²) < 4.78 is 15.9. The summed E-state index contributed by atoms with van der Waals surface area (Å²) in [6.07, 6.45) is 0. The van der Waals surface area contributed by atoms with Gasteiger partial charge in [-0.25, -0.2) is 4.39 Å². The molecule has 2 aromatic rings. The zero-order valence-corrected chi connectivity index (χ0v) is 9.18. The Bertz CT molecular complexity index is 492. The van der Waals surface area contributed by atoms with E-state index in [9.17, 15) is 4.39 Å². The molecule has 0 radical (unpaired) electrons. The predicted molar refractivity (Wildman–Crippen MR) is 56.5 cm³/mol. The third kappa shape index (κ3) is 1.18. The molecule has 0 saturated heterocycles. The van der Waals surface area contributed by atoms with Crippen LogP contribution >= 0.6 is 15.9 Å². The maximum atomic E-state index is 13.5. The summed E-state index contributed by atoms with van der Waals surface area (Å²) >= 11 is 3.29. The first kappa shape index (κ1) is 9.68. The van der Waals surface area contributed by atoms with E-state index in [1.54, 1.807) is 17.7 Å². The molecule has 0 amide bonds. The van der Waals surface area contributed by atoms with E-state index in [0.717, 1.165) is 5.52 Å². The Morgan fingerprint density at radius 1 is 1.50 bits per heavy atom. The first-order chi connectivity index (χ1) is 6.66. The van der Waals surface area contributed by atoms with Gasteiger partial charge in [-0.05, 0) is 28.1 Å². The van der Waals surface area contributed by atoms with Crippen LogP contribution in [0.4, 0.5) is 4.39 Å². The molecule has 0 aliphatic heterocycles. The van der Waals surface area contributed by atoms with E-state index < -0.39 is 0 Å². The van der Waals surface area contributed by atoms with Gasteiger partial charge in [-0.15, -0.1) is 0 Å². The van der Waals surface area contributed by atoms with Crippen molar-refractivity contribution in [2.75, 3.05) is 0 Å². The summed E-state index contributed by atoms with van der Waals surface area (Å²) in [5.74, 6) is -0.273. The molecular weight excluding hydrogens is 249 g/mol. The van der Waals surface area contributed by atoms with Gasteiger partial charge in [-0.1, -0.05) is 6.07 Å². The number of fused-ring (bicyclic) bond motifs is 1. The number of halogens is 2. The molecule has 0 bridgehead atoms. The van der Waals surface area contributed by atoms with Crippen molar-refractivity contribution in [2.24, 2.45) is 7.05 Å². The van der Waals surface area contributed by atoms with Crippen molar-refractivity contribution in [2.45, 2.75) is 6.61 Å². The number of hydrogen-bond acceptors (Lipinski definition) is 1. The molecule has 0 fully saturated rings. The third-order valence-electron chi connectivity index (χ3n) is 2.38. The van der Waals surface area contributed by atoms with E-state index in [0.29, 0.717) is 15.6 Å². The molecule has 1 aromatic heterocycles. The van der Waals surface area contributed by atoms with Gasteiger partial charge in [0.25, 0.3) is 0 Å². The van der Waals surface area contributed by atoms with E-state index in [1.807, 2.05) is 6.07 Å².